The zero-order valence-electron chi connectivity index (χ0n) is 22.1. The highest BCUT2D eigenvalue weighted by Gasteiger charge is 2.77. The summed E-state index contributed by atoms with van der Waals surface area (Å²) in [6, 6.07) is 0. The molecule has 6 fully saturated rings. The van der Waals surface area contributed by atoms with Gasteiger partial charge in [-0.25, -0.2) is 0 Å². The summed E-state index contributed by atoms with van der Waals surface area (Å²) < 4.78 is 6.25. The third kappa shape index (κ3) is 2.31. The number of hydrogen-bond donors (Lipinski definition) is 0. The minimum absolute atomic E-state index is 0.103. The van der Waals surface area contributed by atoms with Crippen molar-refractivity contribution in [2.24, 2.45) is 62.6 Å². The van der Waals surface area contributed by atoms with E-state index in [4.69, 9.17) is 4.74 Å². The maximum Gasteiger partial charge on any atom is 0.170 e. The van der Waals surface area contributed by atoms with Crippen LogP contribution in [0.25, 0.3) is 0 Å². The van der Waals surface area contributed by atoms with Crippen molar-refractivity contribution in [1.82, 2.24) is 0 Å². The van der Waals surface area contributed by atoms with Gasteiger partial charge in [-0.15, -0.1) is 0 Å². The van der Waals surface area contributed by atoms with Crippen LogP contribution in [0.5, 0.6) is 0 Å². The van der Waals surface area contributed by atoms with E-state index in [9.17, 15) is 4.79 Å². The Balaban J connectivity index is 1.42. The SMILES string of the molecule is CC(C)[C@@H]1CC[C@]2(C)CC[C@]3(C)[C@H](CC[C@@H]4[C@]5(C)[C@H]6O[C@H]6C(=O)C(C)(C)[C@@H]5CC[C@]43C)[C@@H]12. The van der Waals surface area contributed by atoms with Crippen LogP contribution in [0.1, 0.15) is 107 Å². The normalized spacial score (nSPS) is 60.2. The molecule has 5 aliphatic carbocycles. The number of fused-ring (bicyclic) bond motifs is 9. The zero-order valence-corrected chi connectivity index (χ0v) is 22.1. The first-order valence-electron chi connectivity index (χ1n) is 14.0. The van der Waals surface area contributed by atoms with Crippen LogP contribution in [-0.2, 0) is 9.53 Å². The molecule has 11 atom stereocenters. The van der Waals surface area contributed by atoms with E-state index < -0.39 is 0 Å². The highest BCUT2D eigenvalue weighted by molar-refractivity contribution is 5.92. The number of carbonyl (C=O) groups excluding carboxylic acids is 1. The van der Waals surface area contributed by atoms with Gasteiger partial charge in [-0.3, -0.25) is 4.79 Å². The fraction of sp³-hybridized carbons (Fsp3) is 0.967. The Labute approximate surface area is 197 Å². The molecule has 0 amide bonds. The van der Waals surface area contributed by atoms with E-state index in [0.29, 0.717) is 33.9 Å². The number of Topliss-reactive ketones (excluding diaryl/α,β-unsaturated/α-hetero) is 1. The third-order valence-electron chi connectivity index (χ3n) is 13.8. The first-order valence-corrected chi connectivity index (χ1v) is 14.0. The average molecular weight is 441 g/mol. The number of hydrogen-bond acceptors (Lipinski definition) is 2. The fourth-order valence-electron chi connectivity index (χ4n) is 11.9. The first kappa shape index (κ1) is 22.1. The van der Waals surface area contributed by atoms with E-state index in [0.717, 1.165) is 23.7 Å². The van der Waals surface area contributed by atoms with Gasteiger partial charge in [-0.2, -0.15) is 0 Å². The standard InChI is InChI=1S/C30H48O2/c1-17(2)18-11-13-27(5)15-16-28(6)19(22(18)27)9-10-21-29(28,7)14-12-20-26(3,4)24(31)23-25(32-23)30(20,21)8/h17-23,25H,9-16H2,1-8H3/t18-,19+,20-,21-,22+,23-,25-,27+,28+,29+,30+/m0/s1. The molecule has 1 heterocycles. The lowest BCUT2D eigenvalue weighted by Crippen LogP contribution is -2.68. The van der Waals surface area contributed by atoms with Crippen molar-refractivity contribution < 1.29 is 9.53 Å². The summed E-state index contributed by atoms with van der Waals surface area (Å²) in [5.74, 6) is 5.10. The van der Waals surface area contributed by atoms with Crippen LogP contribution in [-0.4, -0.2) is 18.0 Å². The first-order chi connectivity index (χ1) is 14.8. The molecular formula is C30H48O2. The van der Waals surface area contributed by atoms with Crippen molar-refractivity contribution in [3.05, 3.63) is 0 Å². The molecule has 0 unspecified atom stereocenters. The molecule has 0 spiro atoms. The van der Waals surface area contributed by atoms with E-state index in [-0.39, 0.29) is 23.0 Å². The van der Waals surface area contributed by atoms with E-state index >= 15 is 0 Å². The van der Waals surface area contributed by atoms with Gasteiger partial charge in [0.05, 0.1) is 6.10 Å². The molecule has 180 valence electrons. The number of ether oxygens (including phenoxy) is 1. The quantitative estimate of drug-likeness (QED) is 0.400. The molecule has 2 nitrogen and oxygen atoms in total. The van der Waals surface area contributed by atoms with Crippen LogP contribution < -0.4 is 0 Å². The lowest BCUT2D eigenvalue weighted by atomic mass is 9.32. The average Bonchev–Trinajstić information content (AvgIpc) is 3.44. The van der Waals surface area contributed by atoms with Gasteiger partial charge in [-0.1, -0.05) is 55.4 Å². The van der Waals surface area contributed by atoms with Gasteiger partial charge in [0.15, 0.2) is 5.78 Å². The number of rotatable bonds is 1. The molecule has 0 N–H and O–H groups in total. The van der Waals surface area contributed by atoms with Crippen molar-refractivity contribution in [1.29, 1.82) is 0 Å². The number of epoxide rings is 1. The fourth-order valence-corrected chi connectivity index (χ4v) is 11.9. The minimum atomic E-state index is -0.231. The Morgan fingerprint density at radius 3 is 2.22 bits per heavy atom. The smallest absolute Gasteiger partial charge is 0.170 e. The molecule has 32 heavy (non-hydrogen) atoms. The molecule has 0 aromatic heterocycles. The summed E-state index contributed by atoms with van der Waals surface area (Å²) in [7, 11) is 0. The van der Waals surface area contributed by atoms with Crippen LogP contribution in [0.4, 0.5) is 0 Å². The molecule has 0 radical (unpaired) electrons. The van der Waals surface area contributed by atoms with E-state index in [1.807, 2.05) is 0 Å². The molecule has 6 aliphatic rings. The molecule has 2 heteroatoms. The van der Waals surface area contributed by atoms with Gasteiger partial charge in [-0.05, 0) is 103 Å². The van der Waals surface area contributed by atoms with Crippen molar-refractivity contribution >= 4 is 5.78 Å². The third-order valence-corrected chi connectivity index (χ3v) is 13.8. The van der Waals surface area contributed by atoms with Crippen molar-refractivity contribution in [2.45, 2.75) is 119 Å². The molecule has 6 rings (SSSR count). The Morgan fingerprint density at radius 1 is 0.812 bits per heavy atom. The summed E-state index contributed by atoms with van der Waals surface area (Å²) in [6.07, 6.45) is 11.2. The zero-order chi connectivity index (χ0) is 23.1. The molecular weight excluding hydrogens is 392 g/mol. The predicted octanol–water partition coefficient (Wildman–Crippen LogP) is 7.30. The second-order valence-corrected chi connectivity index (χ2v) is 15.2. The molecule has 5 saturated carbocycles. The Morgan fingerprint density at radius 2 is 1.53 bits per heavy atom. The Hall–Kier alpha value is -0.370. The highest BCUT2D eigenvalue weighted by atomic mass is 16.6. The van der Waals surface area contributed by atoms with E-state index in [1.54, 1.807) is 0 Å². The van der Waals surface area contributed by atoms with E-state index in [1.165, 1.54) is 51.4 Å². The summed E-state index contributed by atoms with van der Waals surface area (Å²) in [4.78, 5) is 13.2. The van der Waals surface area contributed by atoms with Crippen LogP contribution in [0.15, 0.2) is 0 Å². The molecule has 0 aromatic rings. The maximum atomic E-state index is 13.2. The summed E-state index contributed by atoms with van der Waals surface area (Å²) in [5.41, 5.74) is 1.32. The lowest BCUT2D eigenvalue weighted by molar-refractivity contribution is -0.233. The van der Waals surface area contributed by atoms with Gasteiger partial charge in [0.1, 0.15) is 6.10 Å². The van der Waals surface area contributed by atoms with Crippen molar-refractivity contribution in [3.8, 4) is 0 Å². The van der Waals surface area contributed by atoms with Gasteiger partial charge in [0.25, 0.3) is 0 Å². The van der Waals surface area contributed by atoms with Gasteiger partial charge in [0.2, 0.25) is 0 Å². The molecule has 1 saturated heterocycles. The van der Waals surface area contributed by atoms with Gasteiger partial charge in [0, 0.05) is 10.8 Å². The topological polar surface area (TPSA) is 29.6 Å². The Bertz CT molecular complexity index is 844. The summed E-state index contributed by atoms with van der Waals surface area (Å²) >= 11 is 0. The van der Waals surface area contributed by atoms with E-state index in [2.05, 4.69) is 55.4 Å². The summed E-state index contributed by atoms with van der Waals surface area (Å²) in [6.45, 7) is 20.1. The highest BCUT2D eigenvalue weighted by Crippen LogP contribution is 2.78. The Kier molecular flexibility index (Phi) is 4.31. The second kappa shape index (κ2) is 6.24. The largest absolute Gasteiger partial charge is 0.361 e. The predicted molar refractivity (Wildman–Crippen MR) is 129 cm³/mol. The number of carbonyl (C=O) groups is 1. The van der Waals surface area contributed by atoms with Gasteiger partial charge >= 0.3 is 0 Å². The lowest BCUT2D eigenvalue weighted by Gasteiger charge is -2.72. The maximum absolute atomic E-state index is 13.2. The minimum Gasteiger partial charge on any atom is -0.361 e. The molecule has 0 aromatic carbocycles. The monoisotopic (exact) mass is 440 g/mol. The second-order valence-electron chi connectivity index (χ2n) is 15.2. The molecule has 0 bridgehead atoms. The van der Waals surface area contributed by atoms with Gasteiger partial charge < -0.3 is 4.74 Å². The number of ketones is 1. The van der Waals surface area contributed by atoms with Crippen molar-refractivity contribution in [2.75, 3.05) is 0 Å². The van der Waals surface area contributed by atoms with Crippen LogP contribution >= 0.6 is 0 Å². The van der Waals surface area contributed by atoms with Crippen LogP contribution in [0.3, 0.4) is 0 Å². The van der Waals surface area contributed by atoms with Crippen LogP contribution in [0.2, 0.25) is 0 Å². The van der Waals surface area contributed by atoms with Crippen LogP contribution in [0, 0.1) is 62.6 Å². The molecule has 1 aliphatic heterocycles. The van der Waals surface area contributed by atoms with Crippen molar-refractivity contribution in [3.63, 3.8) is 0 Å². The summed E-state index contributed by atoms with van der Waals surface area (Å²) in [5, 5.41) is 0.